The molecule has 0 bridgehead atoms. The van der Waals surface area contributed by atoms with Crippen LogP contribution in [-0.2, 0) is 11.0 Å². The molecule has 136 valence electrons. The van der Waals surface area contributed by atoms with Gasteiger partial charge in [0.05, 0.1) is 5.92 Å². The summed E-state index contributed by atoms with van der Waals surface area (Å²) < 4.78 is 39.3. The van der Waals surface area contributed by atoms with Crippen LogP contribution < -0.4 is 5.32 Å². The van der Waals surface area contributed by atoms with Crippen molar-refractivity contribution < 1.29 is 23.1 Å². The molecule has 10 heteroatoms. The number of aromatic nitrogens is 4. The van der Waals surface area contributed by atoms with Crippen LogP contribution in [0.1, 0.15) is 22.9 Å². The van der Waals surface area contributed by atoms with Crippen molar-refractivity contribution in [2.45, 2.75) is 19.0 Å². The summed E-state index contributed by atoms with van der Waals surface area (Å²) in [5, 5.41) is 22.5. The molecule has 2 heterocycles. The predicted molar refractivity (Wildman–Crippen MR) is 85.8 cm³/mol. The summed E-state index contributed by atoms with van der Waals surface area (Å²) in [5.74, 6) is -3.09. The van der Waals surface area contributed by atoms with Crippen molar-refractivity contribution in [3.05, 3.63) is 53.3 Å². The van der Waals surface area contributed by atoms with Crippen LogP contribution in [0.5, 0.6) is 0 Å². The number of halogens is 3. The van der Waals surface area contributed by atoms with Crippen molar-refractivity contribution >= 4 is 17.4 Å². The maximum absolute atomic E-state index is 12.9. The first kappa shape index (κ1) is 17.6. The number of carboxylic acid groups (broad SMARTS) is 1. The van der Waals surface area contributed by atoms with Crippen LogP contribution in [0.3, 0.4) is 0 Å². The van der Waals surface area contributed by atoms with Gasteiger partial charge in [0.2, 0.25) is 0 Å². The molecule has 3 rings (SSSR count). The number of benzene rings is 1. The average molecular weight is 365 g/mol. The highest BCUT2D eigenvalue weighted by molar-refractivity contribution is 5.77. The Bertz CT molecular complexity index is 937. The smallest absolute Gasteiger partial charge is 0.453 e. The first-order chi connectivity index (χ1) is 12.3. The van der Waals surface area contributed by atoms with Gasteiger partial charge in [-0.3, -0.25) is 4.79 Å². The fourth-order valence-corrected chi connectivity index (χ4v) is 2.41. The first-order valence-electron chi connectivity index (χ1n) is 7.58. The van der Waals surface area contributed by atoms with E-state index < -0.39 is 23.9 Å². The number of fused-ring (bicyclic) bond motifs is 1. The maximum Gasteiger partial charge on any atom is 0.453 e. The van der Waals surface area contributed by atoms with Gasteiger partial charge in [-0.05, 0) is 24.6 Å². The van der Waals surface area contributed by atoms with Crippen LogP contribution >= 0.6 is 0 Å². The second kappa shape index (κ2) is 6.62. The van der Waals surface area contributed by atoms with Gasteiger partial charge in [-0.25, -0.2) is 0 Å². The highest BCUT2D eigenvalue weighted by Gasteiger charge is 2.37. The number of carbonyl (C=O) groups is 1. The minimum absolute atomic E-state index is 0.0413. The van der Waals surface area contributed by atoms with Crippen molar-refractivity contribution in [1.82, 2.24) is 19.8 Å². The summed E-state index contributed by atoms with van der Waals surface area (Å²) in [6, 6.07) is 9.73. The Hall–Kier alpha value is -3.17. The lowest BCUT2D eigenvalue weighted by atomic mass is 9.98. The lowest BCUT2D eigenvalue weighted by Crippen LogP contribution is -2.22. The number of rotatable bonds is 5. The predicted octanol–water partition coefficient (Wildman–Crippen LogP) is 2.73. The zero-order valence-electron chi connectivity index (χ0n) is 13.5. The van der Waals surface area contributed by atoms with Gasteiger partial charge >= 0.3 is 12.1 Å². The van der Waals surface area contributed by atoms with Crippen LogP contribution in [0, 0.1) is 6.92 Å². The van der Waals surface area contributed by atoms with Gasteiger partial charge in [0.1, 0.15) is 5.82 Å². The molecule has 7 nitrogen and oxygen atoms in total. The van der Waals surface area contributed by atoms with E-state index in [1.165, 1.54) is 12.1 Å². The molecule has 0 spiro atoms. The Morgan fingerprint density at radius 2 is 1.88 bits per heavy atom. The molecule has 1 aromatic carbocycles. The molecule has 2 N–H and O–H groups in total. The summed E-state index contributed by atoms with van der Waals surface area (Å²) in [6.45, 7) is 1.84. The van der Waals surface area contributed by atoms with Crippen molar-refractivity contribution in [3.8, 4) is 0 Å². The third-order valence-electron chi connectivity index (χ3n) is 3.78. The third-order valence-corrected chi connectivity index (χ3v) is 3.78. The van der Waals surface area contributed by atoms with E-state index in [2.05, 4.69) is 20.6 Å². The molecule has 0 saturated heterocycles. The van der Waals surface area contributed by atoms with Crippen LogP contribution in [-0.4, -0.2) is 37.4 Å². The number of aliphatic carboxylic acids is 1. The van der Waals surface area contributed by atoms with Crippen LogP contribution in [0.4, 0.5) is 19.0 Å². The number of aryl methyl sites for hydroxylation is 1. The summed E-state index contributed by atoms with van der Waals surface area (Å²) in [4.78, 5) is 11.5. The van der Waals surface area contributed by atoms with Crippen molar-refractivity contribution in [2.24, 2.45) is 0 Å². The van der Waals surface area contributed by atoms with E-state index in [1.807, 2.05) is 6.92 Å². The quantitative estimate of drug-likeness (QED) is 0.722. The standard InChI is InChI=1S/C16H14F3N5O2/c1-9-2-4-10(5-3-9)11(14(25)26)8-20-12-6-7-13-21-22-15(16(17,18)19)24(13)23-12/h2-7,11H,8H2,1H3,(H,20,23)(H,25,26). The largest absolute Gasteiger partial charge is 0.481 e. The van der Waals surface area contributed by atoms with E-state index in [-0.39, 0.29) is 18.0 Å². The Morgan fingerprint density at radius 1 is 1.19 bits per heavy atom. The number of hydrogen-bond acceptors (Lipinski definition) is 5. The number of hydrogen-bond donors (Lipinski definition) is 2. The van der Waals surface area contributed by atoms with E-state index in [9.17, 15) is 23.1 Å². The first-order valence-corrected chi connectivity index (χ1v) is 7.58. The zero-order valence-corrected chi connectivity index (χ0v) is 13.5. The number of alkyl halides is 3. The minimum Gasteiger partial charge on any atom is -0.481 e. The number of anilines is 1. The van der Waals surface area contributed by atoms with Gasteiger partial charge < -0.3 is 10.4 Å². The molecule has 0 saturated carbocycles. The fourth-order valence-electron chi connectivity index (χ4n) is 2.41. The molecule has 0 amide bonds. The Balaban J connectivity index is 1.83. The molecular weight excluding hydrogens is 351 g/mol. The van der Waals surface area contributed by atoms with Gasteiger partial charge in [-0.2, -0.15) is 17.7 Å². The molecule has 1 unspecified atom stereocenters. The van der Waals surface area contributed by atoms with Gasteiger partial charge in [0.25, 0.3) is 5.82 Å². The zero-order chi connectivity index (χ0) is 18.9. The summed E-state index contributed by atoms with van der Waals surface area (Å²) in [5.41, 5.74) is 1.51. The Labute approximate surface area is 145 Å². The third kappa shape index (κ3) is 3.58. The monoisotopic (exact) mass is 365 g/mol. The molecule has 0 aliphatic carbocycles. The fraction of sp³-hybridized carbons (Fsp3) is 0.250. The molecule has 2 aromatic heterocycles. The minimum atomic E-state index is -4.70. The van der Waals surface area contributed by atoms with Gasteiger partial charge in [-0.1, -0.05) is 29.8 Å². The molecule has 3 aromatic rings. The normalized spacial score (nSPS) is 12.9. The van der Waals surface area contributed by atoms with E-state index in [4.69, 9.17) is 0 Å². The van der Waals surface area contributed by atoms with Crippen LogP contribution in [0.15, 0.2) is 36.4 Å². The van der Waals surface area contributed by atoms with E-state index >= 15 is 0 Å². The molecule has 0 aliphatic rings. The lowest BCUT2D eigenvalue weighted by molar-refractivity contribution is -0.146. The van der Waals surface area contributed by atoms with E-state index in [1.54, 1.807) is 24.3 Å². The average Bonchev–Trinajstić information content (AvgIpc) is 3.00. The summed E-state index contributed by atoms with van der Waals surface area (Å²) >= 11 is 0. The second-order valence-corrected chi connectivity index (χ2v) is 5.69. The van der Waals surface area contributed by atoms with Crippen molar-refractivity contribution in [2.75, 3.05) is 11.9 Å². The van der Waals surface area contributed by atoms with Crippen molar-refractivity contribution in [3.63, 3.8) is 0 Å². The van der Waals surface area contributed by atoms with E-state index in [0.717, 1.165) is 5.56 Å². The van der Waals surface area contributed by atoms with Gasteiger partial charge in [0.15, 0.2) is 5.65 Å². The topological polar surface area (TPSA) is 92.4 Å². The molecule has 0 aliphatic heterocycles. The molecule has 26 heavy (non-hydrogen) atoms. The summed E-state index contributed by atoms with van der Waals surface area (Å²) in [6.07, 6.45) is -4.70. The highest BCUT2D eigenvalue weighted by Crippen LogP contribution is 2.27. The van der Waals surface area contributed by atoms with Crippen LogP contribution in [0.2, 0.25) is 0 Å². The number of nitrogens with one attached hydrogen (secondary N) is 1. The maximum atomic E-state index is 12.9. The Kier molecular flexibility index (Phi) is 4.49. The van der Waals surface area contributed by atoms with Crippen molar-refractivity contribution in [1.29, 1.82) is 0 Å². The van der Waals surface area contributed by atoms with Gasteiger partial charge in [-0.15, -0.1) is 15.3 Å². The SMILES string of the molecule is Cc1ccc(C(CNc2ccc3nnc(C(F)(F)F)n3n2)C(=O)O)cc1. The lowest BCUT2D eigenvalue weighted by Gasteiger charge is -2.14. The highest BCUT2D eigenvalue weighted by atomic mass is 19.4. The van der Waals surface area contributed by atoms with Crippen LogP contribution in [0.25, 0.3) is 5.65 Å². The van der Waals surface area contributed by atoms with E-state index in [0.29, 0.717) is 10.1 Å². The Morgan fingerprint density at radius 3 is 2.50 bits per heavy atom. The number of nitrogens with zero attached hydrogens (tertiary/aromatic N) is 4. The molecule has 1 atom stereocenters. The summed E-state index contributed by atoms with van der Waals surface area (Å²) in [7, 11) is 0. The number of carboxylic acids is 1. The molecular formula is C16H14F3N5O2. The molecule has 0 radical (unpaired) electrons. The second-order valence-electron chi connectivity index (χ2n) is 5.69. The molecule has 0 fully saturated rings. The van der Waals surface area contributed by atoms with Gasteiger partial charge in [0, 0.05) is 6.54 Å².